The molecule has 2 aliphatic rings. The number of fused-ring (bicyclic) bond motifs is 1. The molecule has 1 aromatic rings. The second-order valence-electron chi connectivity index (χ2n) is 5.95. The number of amides is 1. The van der Waals surface area contributed by atoms with E-state index in [0.29, 0.717) is 6.61 Å². The Morgan fingerprint density at radius 1 is 1.43 bits per heavy atom. The number of benzene rings is 1. The molecule has 1 fully saturated rings. The summed E-state index contributed by atoms with van der Waals surface area (Å²) in [6.45, 7) is 4.51. The predicted octanol–water partition coefficient (Wildman–Crippen LogP) is 2.00. The van der Waals surface area contributed by atoms with Gasteiger partial charge in [0.1, 0.15) is 5.75 Å². The predicted molar refractivity (Wildman–Crippen MR) is 76.1 cm³/mol. The van der Waals surface area contributed by atoms with Crippen molar-refractivity contribution < 1.29 is 19.4 Å². The van der Waals surface area contributed by atoms with Crippen molar-refractivity contribution in [1.82, 2.24) is 4.90 Å². The molecular formula is C16H19NO4. The number of rotatable bonds is 3. The van der Waals surface area contributed by atoms with Crippen LogP contribution in [0, 0.1) is 5.92 Å². The van der Waals surface area contributed by atoms with Gasteiger partial charge in [-0.05, 0) is 37.1 Å². The van der Waals surface area contributed by atoms with Gasteiger partial charge in [0.05, 0.1) is 18.6 Å². The number of hydrogen-bond acceptors (Lipinski definition) is 3. The summed E-state index contributed by atoms with van der Waals surface area (Å²) < 4.78 is 5.49. The SMILES string of the molecule is CC(C)N1C(=O)CC(C(=O)O)C1c1ccc2c(c1)CCO2. The first-order chi connectivity index (χ1) is 9.99. The third-order valence-electron chi connectivity index (χ3n) is 4.29. The van der Waals surface area contributed by atoms with Gasteiger partial charge in [0.25, 0.3) is 0 Å². The van der Waals surface area contributed by atoms with Gasteiger partial charge in [-0.1, -0.05) is 6.07 Å². The molecule has 1 saturated heterocycles. The first-order valence-corrected chi connectivity index (χ1v) is 7.28. The van der Waals surface area contributed by atoms with Crippen molar-refractivity contribution in [3.63, 3.8) is 0 Å². The van der Waals surface area contributed by atoms with Crippen molar-refractivity contribution in [3.05, 3.63) is 29.3 Å². The van der Waals surface area contributed by atoms with Crippen LogP contribution in [0.25, 0.3) is 0 Å². The molecule has 0 spiro atoms. The third kappa shape index (κ3) is 2.26. The van der Waals surface area contributed by atoms with Crippen LogP contribution in [-0.4, -0.2) is 34.5 Å². The van der Waals surface area contributed by atoms with E-state index in [1.165, 1.54) is 0 Å². The average Bonchev–Trinajstić information content (AvgIpc) is 3.01. The second-order valence-corrected chi connectivity index (χ2v) is 5.95. The van der Waals surface area contributed by atoms with Gasteiger partial charge >= 0.3 is 5.97 Å². The molecule has 1 aromatic carbocycles. The molecule has 2 unspecified atom stereocenters. The van der Waals surface area contributed by atoms with Gasteiger partial charge in [-0.25, -0.2) is 0 Å². The van der Waals surface area contributed by atoms with E-state index in [4.69, 9.17) is 4.74 Å². The highest BCUT2D eigenvalue weighted by atomic mass is 16.5. The Hall–Kier alpha value is -2.04. The van der Waals surface area contributed by atoms with Gasteiger partial charge in [0.2, 0.25) is 5.91 Å². The fourth-order valence-corrected chi connectivity index (χ4v) is 3.37. The summed E-state index contributed by atoms with van der Waals surface area (Å²) in [5.41, 5.74) is 1.99. The lowest BCUT2D eigenvalue weighted by Crippen LogP contribution is -2.36. The molecule has 0 aromatic heterocycles. The van der Waals surface area contributed by atoms with Crippen LogP contribution in [0.2, 0.25) is 0 Å². The number of carboxylic acid groups (broad SMARTS) is 1. The Kier molecular flexibility index (Phi) is 3.35. The Labute approximate surface area is 123 Å². The molecular weight excluding hydrogens is 270 g/mol. The smallest absolute Gasteiger partial charge is 0.309 e. The molecule has 0 radical (unpaired) electrons. The molecule has 1 amide bonds. The lowest BCUT2D eigenvalue weighted by atomic mass is 9.92. The number of likely N-dealkylation sites (tertiary alicyclic amines) is 1. The maximum Gasteiger partial charge on any atom is 0.309 e. The van der Waals surface area contributed by atoms with Crippen molar-refractivity contribution >= 4 is 11.9 Å². The number of hydrogen-bond donors (Lipinski definition) is 1. The van der Waals surface area contributed by atoms with Gasteiger partial charge in [-0.3, -0.25) is 9.59 Å². The molecule has 2 aliphatic heterocycles. The topological polar surface area (TPSA) is 66.8 Å². The summed E-state index contributed by atoms with van der Waals surface area (Å²) in [7, 11) is 0. The van der Waals surface area contributed by atoms with E-state index in [1.54, 1.807) is 4.90 Å². The minimum Gasteiger partial charge on any atom is -0.493 e. The van der Waals surface area contributed by atoms with Crippen molar-refractivity contribution in [2.24, 2.45) is 5.92 Å². The van der Waals surface area contributed by atoms with Gasteiger partial charge in [-0.2, -0.15) is 0 Å². The number of ether oxygens (including phenoxy) is 1. The lowest BCUT2D eigenvalue weighted by molar-refractivity contribution is -0.142. The van der Waals surface area contributed by atoms with Crippen molar-refractivity contribution in [1.29, 1.82) is 0 Å². The van der Waals surface area contributed by atoms with Crippen molar-refractivity contribution in [2.75, 3.05) is 6.61 Å². The van der Waals surface area contributed by atoms with E-state index in [-0.39, 0.29) is 24.4 Å². The average molecular weight is 289 g/mol. The zero-order valence-electron chi connectivity index (χ0n) is 12.2. The first-order valence-electron chi connectivity index (χ1n) is 7.28. The fraction of sp³-hybridized carbons (Fsp3) is 0.500. The zero-order chi connectivity index (χ0) is 15.1. The normalized spacial score (nSPS) is 24.3. The van der Waals surface area contributed by atoms with Crippen molar-refractivity contribution in [2.45, 2.75) is 38.8 Å². The number of carboxylic acids is 1. The van der Waals surface area contributed by atoms with Crippen LogP contribution in [0.1, 0.15) is 37.4 Å². The van der Waals surface area contributed by atoms with Crippen LogP contribution < -0.4 is 4.74 Å². The summed E-state index contributed by atoms with van der Waals surface area (Å²) >= 11 is 0. The molecule has 0 saturated carbocycles. The van der Waals surface area contributed by atoms with Gasteiger partial charge in [0, 0.05) is 18.9 Å². The number of carbonyl (C=O) groups is 2. The van der Waals surface area contributed by atoms with Crippen molar-refractivity contribution in [3.8, 4) is 5.75 Å². The highest BCUT2D eigenvalue weighted by Crippen LogP contribution is 2.41. The number of nitrogens with zero attached hydrogens (tertiary/aromatic N) is 1. The summed E-state index contributed by atoms with van der Waals surface area (Å²) in [6, 6.07) is 5.37. The van der Waals surface area contributed by atoms with Gasteiger partial charge < -0.3 is 14.7 Å². The van der Waals surface area contributed by atoms with E-state index in [0.717, 1.165) is 23.3 Å². The van der Waals surface area contributed by atoms with Gasteiger partial charge in [-0.15, -0.1) is 0 Å². The molecule has 0 bridgehead atoms. The zero-order valence-corrected chi connectivity index (χ0v) is 12.2. The quantitative estimate of drug-likeness (QED) is 0.924. The van der Waals surface area contributed by atoms with E-state index in [9.17, 15) is 14.7 Å². The molecule has 3 rings (SSSR count). The molecule has 5 heteroatoms. The fourth-order valence-electron chi connectivity index (χ4n) is 3.37. The minimum atomic E-state index is -0.909. The molecule has 112 valence electrons. The standard InChI is InChI=1S/C16H19NO4/c1-9(2)17-14(18)8-12(16(19)20)15(17)11-3-4-13-10(7-11)5-6-21-13/h3-4,7,9,12,15H,5-6,8H2,1-2H3,(H,19,20). The number of aliphatic carboxylic acids is 1. The highest BCUT2D eigenvalue weighted by Gasteiger charge is 2.45. The molecule has 21 heavy (non-hydrogen) atoms. The van der Waals surface area contributed by atoms with Crippen LogP contribution in [-0.2, 0) is 16.0 Å². The maximum atomic E-state index is 12.2. The van der Waals surface area contributed by atoms with Crippen LogP contribution in [0.4, 0.5) is 0 Å². The van der Waals surface area contributed by atoms with E-state index in [1.807, 2.05) is 32.0 Å². The molecule has 5 nitrogen and oxygen atoms in total. The summed E-state index contributed by atoms with van der Waals surface area (Å²) in [5, 5.41) is 9.45. The Bertz CT molecular complexity index is 596. The van der Waals surface area contributed by atoms with Gasteiger partial charge in [0.15, 0.2) is 0 Å². The monoisotopic (exact) mass is 289 g/mol. The van der Waals surface area contributed by atoms with Crippen LogP contribution in [0.5, 0.6) is 5.75 Å². The summed E-state index contributed by atoms with van der Waals surface area (Å²) in [6.07, 6.45) is 0.912. The highest BCUT2D eigenvalue weighted by molar-refractivity contribution is 5.87. The Morgan fingerprint density at radius 3 is 2.86 bits per heavy atom. The Balaban J connectivity index is 2.03. The number of carbonyl (C=O) groups excluding carboxylic acids is 1. The molecule has 1 N–H and O–H groups in total. The second kappa shape index (κ2) is 5.06. The largest absolute Gasteiger partial charge is 0.493 e. The Morgan fingerprint density at radius 2 is 2.19 bits per heavy atom. The van der Waals surface area contributed by atoms with E-state index >= 15 is 0 Å². The van der Waals surface area contributed by atoms with E-state index < -0.39 is 11.9 Å². The lowest BCUT2D eigenvalue weighted by Gasteiger charge is -2.31. The third-order valence-corrected chi connectivity index (χ3v) is 4.29. The van der Waals surface area contributed by atoms with Crippen LogP contribution in [0.15, 0.2) is 18.2 Å². The minimum absolute atomic E-state index is 0.0173. The first kappa shape index (κ1) is 13.9. The van der Waals surface area contributed by atoms with E-state index in [2.05, 4.69) is 0 Å². The maximum absolute atomic E-state index is 12.2. The van der Waals surface area contributed by atoms with Crippen LogP contribution >= 0.6 is 0 Å². The summed E-state index contributed by atoms with van der Waals surface area (Å²) in [4.78, 5) is 25.4. The molecule has 0 aliphatic carbocycles. The summed E-state index contributed by atoms with van der Waals surface area (Å²) in [5.74, 6) is -0.807. The van der Waals surface area contributed by atoms with Crippen LogP contribution in [0.3, 0.4) is 0 Å². The molecule has 2 heterocycles. The molecule has 2 atom stereocenters.